The molecule has 0 heterocycles. The van der Waals surface area contributed by atoms with Gasteiger partial charge < -0.3 is 10.2 Å². The van der Waals surface area contributed by atoms with Gasteiger partial charge in [0, 0.05) is 17.1 Å². The fraction of sp³-hybridized carbons (Fsp3) is 0.417. The van der Waals surface area contributed by atoms with E-state index in [2.05, 4.69) is 21.2 Å². The highest BCUT2D eigenvalue weighted by Gasteiger charge is 2.30. The second-order valence-electron chi connectivity index (χ2n) is 8.20. The van der Waals surface area contributed by atoms with Gasteiger partial charge >= 0.3 is 0 Å². The summed E-state index contributed by atoms with van der Waals surface area (Å²) in [6, 6.07) is 13.6. The Morgan fingerprint density at radius 3 is 2.21 bits per heavy atom. The van der Waals surface area contributed by atoms with Gasteiger partial charge in [0.15, 0.2) is 0 Å². The summed E-state index contributed by atoms with van der Waals surface area (Å²) >= 11 is 3.40. The maximum Gasteiger partial charge on any atom is 0.244 e. The third-order valence-corrected chi connectivity index (χ3v) is 7.15. The lowest BCUT2D eigenvalue weighted by Gasteiger charge is -2.32. The molecular formula is C24H32BrN3O4S. The van der Waals surface area contributed by atoms with Crippen LogP contribution in [0, 0.1) is 6.92 Å². The van der Waals surface area contributed by atoms with E-state index in [9.17, 15) is 18.0 Å². The van der Waals surface area contributed by atoms with E-state index in [4.69, 9.17) is 0 Å². The normalized spacial score (nSPS) is 13.2. The standard InChI is InChI=1S/C24H32BrN3O4S/c1-6-18(3)26-24(30)19(4)27(15-20-11-13-21(25)14-12-20)23(29)16-28(33(5,31)32)22-10-8-7-9-17(22)2/h7-14,18-19H,6,15-16H2,1-5H3,(H,26,30)/t18-,19+/m0/s1. The third-order valence-electron chi connectivity index (χ3n) is 5.50. The van der Waals surface area contributed by atoms with E-state index < -0.39 is 28.5 Å². The maximum absolute atomic E-state index is 13.5. The van der Waals surface area contributed by atoms with Crippen LogP contribution in [0.3, 0.4) is 0 Å². The van der Waals surface area contributed by atoms with Gasteiger partial charge in [-0.3, -0.25) is 13.9 Å². The number of halogens is 1. The lowest BCUT2D eigenvalue weighted by atomic mass is 10.1. The Labute approximate surface area is 205 Å². The maximum atomic E-state index is 13.5. The number of amides is 2. The summed E-state index contributed by atoms with van der Waals surface area (Å²) in [6.07, 6.45) is 1.83. The molecule has 0 aliphatic carbocycles. The van der Waals surface area contributed by atoms with Crippen molar-refractivity contribution < 1.29 is 18.0 Å². The molecule has 0 bridgehead atoms. The molecule has 0 radical (unpaired) electrons. The zero-order valence-electron chi connectivity index (χ0n) is 19.7. The van der Waals surface area contributed by atoms with Crippen molar-refractivity contribution in [3.8, 4) is 0 Å². The van der Waals surface area contributed by atoms with Gasteiger partial charge in [-0.1, -0.05) is 53.2 Å². The highest BCUT2D eigenvalue weighted by atomic mass is 79.9. The van der Waals surface area contributed by atoms with Crippen molar-refractivity contribution in [3.05, 3.63) is 64.1 Å². The Kier molecular flexibility index (Phi) is 9.48. The van der Waals surface area contributed by atoms with Crippen LogP contribution in [0.15, 0.2) is 53.0 Å². The minimum absolute atomic E-state index is 0.0379. The second-order valence-corrected chi connectivity index (χ2v) is 11.0. The predicted octanol–water partition coefficient (Wildman–Crippen LogP) is 3.86. The average molecular weight is 539 g/mol. The monoisotopic (exact) mass is 537 g/mol. The number of nitrogens with zero attached hydrogens (tertiary/aromatic N) is 2. The van der Waals surface area contributed by atoms with Crippen molar-refractivity contribution in [1.29, 1.82) is 0 Å². The zero-order chi connectivity index (χ0) is 24.8. The van der Waals surface area contributed by atoms with Gasteiger partial charge in [-0.15, -0.1) is 0 Å². The van der Waals surface area contributed by atoms with E-state index >= 15 is 0 Å². The number of benzene rings is 2. The van der Waals surface area contributed by atoms with Crippen LogP contribution in [0.1, 0.15) is 38.3 Å². The summed E-state index contributed by atoms with van der Waals surface area (Å²) in [5, 5.41) is 2.91. The molecule has 180 valence electrons. The average Bonchev–Trinajstić information content (AvgIpc) is 2.76. The molecule has 0 aliphatic rings. The van der Waals surface area contributed by atoms with Crippen LogP contribution in [0.4, 0.5) is 5.69 Å². The number of sulfonamides is 1. The van der Waals surface area contributed by atoms with E-state index in [1.165, 1.54) is 4.90 Å². The van der Waals surface area contributed by atoms with Crippen LogP contribution in [-0.4, -0.2) is 50.0 Å². The Balaban J connectivity index is 2.39. The molecular weight excluding hydrogens is 506 g/mol. The summed E-state index contributed by atoms with van der Waals surface area (Å²) < 4.78 is 27.2. The van der Waals surface area contributed by atoms with Crippen molar-refractivity contribution >= 4 is 43.5 Å². The van der Waals surface area contributed by atoms with Crippen LogP contribution < -0.4 is 9.62 Å². The van der Waals surface area contributed by atoms with Crippen molar-refractivity contribution in [1.82, 2.24) is 10.2 Å². The smallest absolute Gasteiger partial charge is 0.244 e. The highest BCUT2D eigenvalue weighted by molar-refractivity contribution is 9.10. The largest absolute Gasteiger partial charge is 0.352 e. The van der Waals surface area contributed by atoms with Crippen LogP contribution in [-0.2, 0) is 26.2 Å². The van der Waals surface area contributed by atoms with E-state index in [0.717, 1.165) is 32.6 Å². The van der Waals surface area contributed by atoms with Crippen LogP contribution in [0.2, 0.25) is 0 Å². The quantitative estimate of drug-likeness (QED) is 0.498. The van der Waals surface area contributed by atoms with Gasteiger partial charge in [0.2, 0.25) is 21.8 Å². The molecule has 0 fully saturated rings. The lowest BCUT2D eigenvalue weighted by molar-refractivity contribution is -0.139. The van der Waals surface area contributed by atoms with E-state index in [1.807, 2.05) is 44.2 Å². The minimum atomic E-state index is -3.74. The summed E-state index contributed by atoms with van der Waals surface area (Å²) in [7, 11) is -3.74. The number of aryl methyl sites for hydroxylation is 1. The first-order valence-electron chi connectivity index (χ1n) is 10.8. The number of carbonyl (C=O) groups is 2. The Morgan fingerprint density at radius 1 is 1.06 bits per heavy atom. The van der Waals surface area contributed by atoms with Gasteiger partial charge in [0.25, 0.3) is 0 Å². The molecule has 0 spiro atoms. The molecule has 2 rings (SSSR count). The van der Waals surface area contributed by atoms with E-state index in [0.29, 0.717) is 5.69 Å². The molecule has 1 N–H and O–H groups in total. The second kappa shape index (κ2) is 11.7. The molecule has 2 atom stereocenters. The topological polar surface area (TPSA) is 86.8 Å². The van der Waals surface area contributed by atoms with Crippen LogP contribution in [0.5, 0.6) is 0 Å². The van der Waals surface area contributed by atoms with Gasteiger partial charge in [-0.05, 0) is 56.5 Å². The third kappa shape index (κ3) is 7.57. The molecule has 0 aliphatic heterocycles. The molecule has 0 saturated heterocycles. The predicted molar refractivity (Wildman–Crippen MR) is 135 cm³/mol. The van der Waals surface area contributed by atoms with E-state index in [1.54, 1.807) is 32.0 Å². The first-order chi connectivity index (χ1) is 15.4. The lowest BCUT2D eigenvalue weighted by Crippen LogP contribution is -2.52. The number of rotatable bonds is 10. The molecule has 0 unspecified atom stereocenters. The van der Waals surface area contributed by atoms with Gasteiger partial charge in [0.05, 0.1) is 11.9 Å². The van der Waals surface area contributed by atoms with Crippen molar-refractivity contribution in [3.63, 3.8) is 0 Å². The number of anilines is 1. The Bertz CT molecular complexity index is 1070. The molecule has 2 aromatic rings. The van der Waals surface area contributed by atoms with Crippen LogP contribution >= 0.6 is 15.9 Å². The first-order valence-corrected chi connectivity index (χ1v) is 13.5. The molecule has 2 aromatic carbocycles. The highest BCUT2D eigenvalue weighted by Crippen LogP contribution is 2.23. The van der Waals surface area contributed by atoms with Crippen molar-refractivity contribution in [2.24, 2.45) is 0 Å². The van der Waals surface area contributed by atoms with Crippen molar-refractivity contribution in [2.45, 2.75) is 52.7 Å². The number of para-hydroxylation sites is 1. The fourth-order valence-corrected chi connectivity index (χ4v) is 4.44. The van der Waals surface area contributed by atoms with Gasteiger partial charge in [0.1, 0.15) is 12.6 Å². The molecule has 33 heavy (non-hydrogen) atoms. The Hall–Kier alpha value is -2.39. The number of nitrogens with one attached hydrogen (secondary N) is 1. The zero-order valence-corrected chi connectivity index (χ0v) is 22.1. The summed E-state index contributed by atoms with van der Waals surface area (Å²) in [6.45, 7) is 7.09. The summed E-state index contributed by atoms with van der Waals surface area (Å²) in [4.78, 5) is 27.8. The number of hydrogen-bond donors (Lipinski definition) is 1. The van der Waals surface area contributed by atoms with Gasteiger partial charge in [-0.25, -0.2) is 8.42 Å². The fourth-order valence-electron chi connectivity index (χ4n) is 3.27. The SMILES string of the molecule is CC[C@H](C)NC(=O)[C@@H](C)N(Cc1ccc(Br)cc1)C(=O)CN(c1ccccc1C)S(C)(=O)=O. The number of hydrogen-bond acceptors (Lipinski definition) is 4. The van der Waals surface area contributed by atoms with Gasteiger partial charge in [-0.2, -0.15) is 0 Å². The minimum Gasteiger partial charge on any atom is -0.352 e. The molecule has 0 saturated carbocycles. The molecule has 0 aromatic heterocycles. The molecule has 9 heteroatoms. The summed E-state index contributed by atoms with van der Waals surface area (Å²) in [5.74, 6) is -0.741. The first kappa shape index (κ1) is 26.9. The van der Waals surface area contributed by atoms with Crippen LogP contribution in [0.25, 0.3) is 0 Å². The molecule has 2 amide bonds. The summed E-state index contributed by atoms with van der Waals surface area (Å²) in [5.41, 5.74) is 2.00. The van der Waals surface area contributed by atoms with E-state index in [-0.39, 0.29) is 18.5 Å². The van der Waals surface area contributed by atoms with Crippen molar-refractivity contribution in [2.75, 3.05) is 17.1 Å². The Morgan fingerprint density at radius 2 is 1.67 bits per heavy atom. The number of carbonyl (C=O) groups excluding carboxylic acids is 2. The molecule has 7 nitrogen and oxygen atoms in total.